The third kappa shape index (κ3) is 4.64. The summed E-state index contributed by atoms with van der Waals surface area (Å²) in [6.45, 7) is 1.56. The van der Waals surface area contributed by atoms with Gasteiger partial charge in [-0.3, -0.25) is 14.4 Å². The van der Waals surface area contributed by atoms with Crippen molar-refractivity contribution >= 4 is 52.4 Å². The highest BCUT2D eigenvalue weighted by Crippen LogP contribution is 2.33. The van der Waals surface area contributed by atoms with E-state index in [0.29, 0.717) is 21.4 Å². The SMILES string of the molecule is Cc1ccccc1NC(=O)COC(=O)[C@H]1CC(=O)N(c2cc(Cl)ccc2Cl)C1. The van der Waals surface area contributed by atoms with E-state index < -0.39 is 24.4 Å². The number of aryl methyl sites for hydroxylation is 1. The third-order valence-electron chi connectivity index (χ3n) is 4.42. The van der Waals surface area contributed by atoms with Crippen molar-refractivity contribution in [2.45, 2.75) is 13.3 Å². The minimum absolute atomic E-state index is 0.0128. The molecule has 1 aliphatic heterocycles. The van der Waals surface area contributed by atoms with E-state index in [2.05, 4.69) is 5.32 Å². The fourth-order valence-electron chi connectivity index (χ4n) is 2.94. The first kappa shape index (κ1) is 20.2. The summed E-state index contributed by atoms with van der Waals surface area (Å²) in [5, 5.41) is 3.49. The quantitative estimate of drug-likeness (QED) is 0.745. The summed E-state index contributed by atoms with van der Waals surface area (Å²) in [6.07, 6.45) is -0.0128. The molecule has 0 aliphatic carbocycles. The standard InChI is InChI=1S/C20H18Cl2N2O4/c1-12-4-2-3-5-16(12)23-18(25)11-28-20(27)13-8-19(26)24(10-13)17-9-14(21)6-7-15(17)22/h2-7,9,13H,8,10-11H2,1H3,(H,23,25)/t13-/m0/s1. The van der Waals surface area contributed by atoms with Crippen molar-refractivity contribution in [1.82, 2.24) is 0 Å². The van der Waals surface area contributed by atoms with Gasteiger partial charge >= 0.3 is 5.97 Å². The average Bonchev–Trinajstić information content (AvgIpc) is 3.05. The van der Waals surface area contributed by atoms with Crippen molar-refractivity contribution in [3.05, 3.63) is 58.1 Å². The molecule has 1 N–H and O–H groups in total. The van der Waals surface area contributed by atoms with Crippen LogP contribution >= 0.6 is 23.2 Å². The minimum atomic E-state index is -0.672. The monoisotopic (exact) mass is 420 g/mol. The Hall–Kier alpha value is -2.57. The first-order valence-corrected chi connectivity index (χ1v) is 9.38. The van der Waals surface area contributed by atoms with E-state index in [-0.39, 0.29) is 18.9 Å². The fourth-order valence-corrected chi connectivity index (χ4v) is 3.33. The molecule has 6 nitrogen and oxygen atoms in total. The van der Waals surface area contributed by atoms with E-state index in [4.69, 9.17) is 27.9 Å². The summed E-state index contributed by atoms with van der Waals surface area (Å²) in [4.78, 5) is 38.0. The molecule has 1 aliphatic rings. The van der Waals surface area contributed by atoms with Gasteiger partial charge in [0.15, 0.2) is 6.61 Å². The van der Waals surface area contributed by atoms with Crippen molar-refractivity contribution in [2.24, 2.45) is 5.92 Å². The van der Waals surface area contributed by atoms with Crippen molar-refractivity contribution < 1.29 is 19.1 Å². The number of ether oxygens (including phenoxy) is 1. The number of anilines is 2. The van der Waals surface area contributed by atoms with E-state index in [1.54, 1.807) is 30.3 Å². The molecule has 1 saturated heterocycles. The zero-order chi connectivity index (χ0) is 20.3. The van der Waals surface area contributed by atoms with Gasteiger partial charge in [-0.25, -0.2) is 0 Å². The molecule has 2 aromatic rings. The number of hydrogen-bond donors (Lipinski definition) is 1. The van der Waals surface area contributed by atoms with Gasteiger partial charge in [0.1, 0.15) is 0 Å². The first-order chi connectivity index (χ1) is 13.3. The van der Waals surface area contributed by atoms with E-state index in [9.17, 15) is 14.4 Å². The maximum atomic E-state index is 12.3. The van der Waals surface area contributed by atoms with E-state index in [0.717, 1.165) is 5.56 Å². The van der Waals surface area contributed by atoms with Crippen LogP contribution in [0.25, 0.3) is 0 Å². The van der Waals surface area contributed by atoms with E-state index >= 15 is 0 Å². The molecule has 2 aromatic carbocycles. The zero-order valence-electron chi connectivity index (χ0n) is 15.1. The van der Waals surface area contributed by atoms with Gasteiger partial charge in [0.2, 0.25) is 5.91 Å². The maximum absolute atomic E-state index is 12.3. The van der Waals surface area contributed by atoms with Gasteiger partial charge in [-0.05, 0) is 36.8 Å². The van der Waals surface area contributed by atoms with Crippen LogP contribution < -0.4 is 10.2 Å². The van der Waals surface area contributed by atoms with Gasteiger partial charge in [-0.1, -0.05) is 41.4 Å². The number of para-hydroxylation sites is 1. The summed E-state index contributed by atoms with van der Waals surface area (Å²) in [7, 11) is 0. The summed E-state index contributed by atoms with van der Waals surface area (Å²) < 4.78 is 5.10. The highest BCUT2D eigenvalue weighted by Gasteiger charge is 2.37. The Bertz CT molecular complexity index is 932. The van der Waals surface area contributed by atoms with Crippen molar-refractivity contribution in [3.63, 3.8) is 0 Å². The molecule has 0 saturated carbocycles. The highest BCUT2D eigenvalue weighted by molar-refractivity contribution is 6.35. The van der Waals surface area contributed by atoms with E-state index in [1.807, 2.05) is 19.1 Å². The Morgan fingerprint density at radius 2 is 1.96 bits per heavy atom. The number of halogens is 2. The van der Waals surface area contributed by atoms with Gasteiger partial charge in [0, 0.05) is 23.7 Å². The second-order valence-electron chi connectivity index (χ2n) is 6.47. The van der Waals surface area contributed by atoms with Crippen LogP contribution in [-0.2, 0) is 19.1 Å². The summed E-state index contributed by atoms with van der Waals surface area (Å²) >= 11 is 12.1. The average molecular weight is 421 g/mol. The molecule has 28 heavy (non-hydrogen) atoms. The van der Waals surface area contributed by atoms with Gasteiger partial charge in [-0.2, -0.15) is 0 Å². The molecular weight excluding hydrogens is 403 g/mol. The van der Waals surface area contributed by atoms with Crippen LogP contribution in [0.2, 0.25) is 10.0 Å². The summed E-state index contributed by atoms with van der Waals surface area (Å²) in [5.74, 6) is -1.97. The Balaban J connectivity index is 1.57. The molecule has 8 heteroatoms. The topological polar surface area (TPSA) is 75.7 Å². The van der Waals surface area contributed by atoms with Crippen LogP contribution in [0, 0.1) is 12.8 Å². The second kappa shape index (κ2) is 8.63. The Morgan fingerprint density at radius 1 is 1.21 bits per heavy atom. The van der Waals surface area contributed by atoms with Crippen LogP contribution in [0.4, 0.5) is 11.4 Å². The van der Waals surface area contributed by atoms with E-state index in [1.165, 1.54) is 4.90 Å². The third-order valence-corrected chi connectivity index (χ3v) is 4.98. The minimum Gasteiger partial charge on any atom is -0.455 e. The molecule has 0 radical (unpaired) electrons. The smallest absolute Gasteiger partial charge is 0.311 e. The summed E-state index contributed by atoms with van der Waals surface area (Å²) in [5.41, 5.74) is 2.01. The van der Waals surface area contributed by atoms with Crippen LogP contribution in [0.3, 0.4) is 0 Å². The molecule has 146 valence electrons. The highest BCUT2D eigenvalue weighted by atomic mass is 35.5. The molecular formula is C20H18Cl2N2O4. The molecule has 2 amide bonds. The molecule has 0 bridgehead atoms. The lowest BCUT2D eigenvalue weighted by molar-refractivity contribution is -0.151. The van der Waals surface area contributed by atoms with Crippen LogP contribution in [0.15, 0.2) is 42.5 Å². The number of amides is 2. The molecule has 1 atom stereocenters. The predicted octanol–water partition coefficient (Wildman–Crippen LogP) is 3.84. The lowest BCUT2D eigenvalue weighted by atomic mass is 10.1. The fraction of sp³-hybridized carbons (Fsp3) is 0.250. The van der Waals surface area contributed by atoms with Gasteiger partial charge in [-0.15, -0.1) is 0 Å². The maximum Gasteiger partial charge on any atom is 0.311 e. The number of carbonyl (C=O) groups is 3. The Kier molecular flexibility index (Phi) is 6.21. The molecule has 0 spiro atoms. The number of hydrogen-bond acceptors (Lipinski definition) is 4. The number of esters is 1. The molecule has 3 rings (SSSR count). The normalized spacial score (nSPS) is 16.2. The first-order valence-electron chi connectivity index (χ1n) is 8.62. The van der Waals surface area contributed by atoms with Crippen molar-refractivity contribution in [2.75, 3.05) is 23.4 Å². The number of nitrogens with zero attached hydrogens (tertiary/aromatic N) is 1. The van der Waals surface area contributed by atoms with Gasteiger partial charge in [0.25, 0.3) is 5.91 Å². The largest absolute Gasteiger partial charge is 0.455 e. The number of rotatable bonds is 5. The Labute approximate surface area is 172 Å². The van der Waals surface area contributed by atoms with Crippen molar-refractivity contribution in [1.29, 1.82) is 0 Å². The zero-order valence-corrected chi connectivity index (χ0v) is 16.6. The molecule has 0 aromatic heterocycles. The molecule has 0 unspecified atom stereocenters. The lowest BCUT2D eigenvalue weighted by Crippen LogP contribution is -2.28. The van der Waals surface area contributed by atoms with Crippen LogP contribution in [0.5, 0.6) is 0 Å². The molecule has 1 heterocycles. The number of carbonyl (C=O) groups excluding carboxylic acids is 3. The van der Waals surface area contributed by atoms with Crippen LogP contribution in [0.1, 0.15) is 12.0 Å². The van der Waals surface area contributed by atoms with Crippen molar-refractivity contribution in [3.8, 4) is 0 Å². The number of nitrogens with one attached hydrogen (secondary N) is 1. The summed E-state index contributed by atoms with van der Waals surface area (Å²) in [6, 6.07) is 12.1. The predicted molar refractivity (Wildman–Crippen MR) is 108 cm³/mol. The van der Waals surface area contributed by atoms with Crippen LogP contribution in [-0.4, -0.2) is 30.9 Å². The van der Waals surface area contributed by atoms with Gasteiger partial charge < -0.3 is 15.0 Å². The Morgan fingerprint density at radius 3 is 2.71 bits per heavy atom. The molecule has 1 fully saturated rings. The second-order valence-corrected chi connectivity index (χ2v) is 7.32. The van der Waals surface area contributed by atoms with Gasteiger partial charge in [0.05, 0.1) is 16.6 Å². The number of benzene rings is 2. The lowest BCUT2D eigenvalue weighted by Gasteiger charge is -2.18.